The largest absolute Gasteiger partial charge is 0.393 e. The van der Waals surface area contributed by atoms with Crippen molar-refractivity contribution in [2.75, 3.05) is 6.61 Å². The maximum Gasteiger partial charge on any atom is 0.155 e. The van der Waals surface area contributed by atoms with Gasteiger partial charge < -0.3 is 10.2 Å². The molecule has 0 amide bonds. The maximum atomic E-state index is 12.0. The second-order valence-corrected chi connectivity index (χ2v) is 11.2. The lowest BCUT2D eigenvalue weighted by Gasteiger charge is -2.58. The summed E-state index contributed by atoms with van der Waals surface area (Å²) in [4.78, 5) is 12.0. The highest BCUT2D eigenvalue weighted by atomic mass is 16.3. The van der Waals surface area contributed by atoms with Crippen molar-refractivity contribution in [3.63, 3.8) is 0 Å². The lowest BCUT2D eigenvalue weighted by atomic mass is 9.46. The van der Waals surface area contributed by atoms with Gasteiger partial charge in [-0.2, -0.15) is 0 Å². The number of rotatable bonds is 5. The van der Waals surface area contributed by atoms with Crippen LogP contribution in [0.4, 0.5) is 0 Å². The van der Waals surface area contributed by atoms with Crippen molar-refractivity contribution in [2.45, 2.75) is 84.7 Å². The number of aliphatic hydroxyl groups is 2. The monoisotopic (exact) mass is 400 g/mol. The third kappa shape index (κ3) is 3.37. The first-order valence-corrected chi connectivity index (χ1v) is 11.9. The highest BCUT2D eigenvalue weighted by Crippen LogP contribution is 2.67. The van der Waals surface area contributed by atoms with E-state index >= 15 is 0 Å². The van der Waals surface area contributed by atoms with Crippen LogP contribution in [0.25, 0.3) is 0 Å². The van der Waals surface area contributed by atoms with Crippen LogP contribution in [0.2, 0.25) is 0 Å². The molecule has 3 nitrogen and oxygen atoms in total. The van der Waals surface area contributed by atoms with Gasteiger partial charge in [0.05, 0.1) is 12.7 Å². The highest BCUT2D eigenvalue weighted by Gasteiger charge is 2.59. The van der Waals surface area contributed by atoms with Gasteiger partial charge in [0, 0.05) is 6.42 Å². The van der Waals surface area contributed by atoms with Crippen molar-refractivity contribution in [1.29, 1.82) is 0 Å². The molecule has 0 aromatic rings. The summed E-state index contributed by atoms with van der Waals surface area (Å²) in [7, 11) is 0. The average Bonchev–Trinajstić information content (AvgIpc) is 3.04. The molecule has 0 aromatic carbocycles. The maximum absolute atomic E-state index is 12.0. The molecule has 0 aromatic heterocycles. The molecule has 0 spiro atoms. The molecule has 8 atom stereocenters. The van der Waals surface area contributed by atoms with Crippen molar-refractivity contribution in [3.05, 3.63) is 23.8 Å². The van der Waals surface area contributed by atoms with Crippen molar-refractivity contribution in [1.82, 2.24) is 0 Å². The second kappa shape index (κ2) is 7.64. The Hall–Kier alpha value is -0.930. The number of allylic oxidation sites excluding steroid dienone is 1. The SMILES string of the molecule is C=C(CO)CC(O)[C@@H](C)[C@H]1CC[C@H]2[C@@H]3CCC4=CC(=O)CC[C@]4(C)[C@H]3CC[C@]12C. The van der Waals surface area contributed by atoms with E-state index in [1.54, 1.807) is 0 Å². The number of fused-ring (bicyclic) bond motifs is 5. The minimum Gasteiger partial charge on any atom is -0.393 e. The Morgan fingerprint density at radius 2 is 1.93 bits per heavy atom. The van der Waals surface area contributed by atoms with Crippen molar-refractivity contribution < 1.29 is 15.0 Å². The fraction of sp³-hybridized carbons (Fsp3) is 0.808. The summed E-state index contributed by atoms with van der Waals surface area (Å²) in [5, 5.41) is 20.1. The predicted octanol–water partition coefficient (Wildman–Crippen LogP) is 5.07. The van der Waals surface area contributed by atoms with Gasteiger partial charge in [0.15, 0.2) is 5.78 Å². The summed E-state index contributed by atoms with van der Waals surface area (Å²) in [5.41, 5.74) is 2.73. The molecule has 162 valence electrons. The zero-order chi connectivity index (χ0) is 21.0. The Morgan fingerprint density at radius 3 is 2.66 bits per heavy atom. The van der Waals surface area contributed by atoms with Gasteiger partial charge >= 0.3 is 0 Å². The first kappa shape index (κ1) is 21.3. The first-order valence-electron chi connectivity index (χ1n) is 11.9. The summed E-state index contributed by atoms with van der Waals surface area (Å²) in [6.07, 6.45) is 11.2. The molecule has 1 unspecified atom stereocenters. The molecule has 3 fully saturated rings. The average molecular weight is 401 g/mol. The van der Waals surface area contributed by atoms with E-state index in [0.717, 1.165) is 42.6 Å². The molecule has 4 rings (SSSR count). The molecule has 0 heterocycles. The summed E-state index contributed by atoms with van der Waals surface area (Å²) < 4.78 is 0. The molecule has 4 aliphatic carbocycles. The Balaban J connectivity index is 1.54. The van der Waals surface area contributed by atoms with E-state index in [1.165, 1.54) is 37.7 Å². The summed E-state index contributed by atoms with van der Waals surface area (Å²) in [6, 6.07) is 0. The van der Waals surface area contributed by atoms with Crippen LogP contribution in [-0.2, 0) is 4.79 Å². The minimum atomic E-state index is -0.407. The van der Waals surface area contributed by atoms with E-state index in [1.807, 2.05) is 6.08 Å². The lowest BCUT2D eigenvalue weighted by molar-refractivity contribution is -0.117. The van der Waals surface area contributed by atoms with Gasteiger partial charge in [0.1, 0.15) is 0 Å². The van der Waals surface area contributed by atoms with Crippen LogP contribution in [0.5, 0.6) is 0 Å². The Morgan fingerprint density at radius 1 is 1.17 bits per heavy atom. The van der Waals surface area contributed by atoms with E-state index in [4.69, 9.17) is 0 Å². The Kier molecular flexibility index (Phi) is 5.61. The Labute approximate surface area is 176 Å². The van der Waals surface area contributed by atoms with E-state index in [0.29, 0.717) is 23.5 Å². The van der Waals surface area contributed by atoms with E-state index in [2.05, 4.69) is 27.4 Å². The molecule has 3 heteroatoms. The van der Waals surface area contributed by atoms with E-state index in [9.17, 15) is 15.0 Å². The van der Waals surface area contributed by atoms with Gasteiger partial charge in [-0.15, -0.1) is 0 Å². The number of carbonyl (C=O) groups is 1. The molecule has 0 radical (unpaired) electrons. The van der Waals surface area contributed by atoms with Crippen LogP contribution in [0.3, 0.4) is 0 Å². The third-order valence-electron chi connectivity index (χ3n) is 10.00. The van der Waals surface area contributed by atoms with Gasteiger partial charge in [-0.05, 0) is 103 Å². The van der Waals surface area contributed by atoms with E-state index in [-0.39, 0.29) is 17.9 Å². The van der Waals surface area contributed by atoms with Gasteiger partial charge in [0.2, 0.25) is 0 Å². The van der Waals surface area contributed by atoms with Crippen LogP contribution >= 0.6 is 0 Å². The molecule has 29 heavy (non-hydrogen) atoms. The van der Waals surface area contributed by atoms with Gasteiger partial charge in [-0.3, -0.25) is 4.79 Å². The number of hydrogen-bond acceptors (Lipinski definition) is 3. The Bertz CT molecular complexity index is 709. The smallest absolute Gasteiger partial charge is 0.155 e. The topological polar surface area (TPSA) is 57.5 Å². The molecular formula is C26H40O3. The normalized spacial score (nSPS) is 43.6. The zero-order valence-corrected chi connectivity index (χ0v) is 18.6. The summed E-state index contributed by atoms with van der Waals surface area (Å²) >= 11 is 0. The molecule has 3 saturated carbocycles. The first-order chi connectivity index (χ1) is 13.7. The molecule has 2 N–H and O–H groups in total. The van der Waals surface area contributed by atoms with Crippen molar-refractivity contribution in [2.24, 2.45) is 40.4 Å². The summed E-state index contributed by atoms with van der Waals surface area (Å²) in [6.45, 7) is 11.0. The second-order valence-electron chi connectivity index (χ2n) is 11.2. The lowest BCUT2D eigenvalue weighted by Crippen LogP contribution is -2.51. The molecular weight excluding hydrogens is 360 g/mol. The highest BCUT2D eigenvalue weighted by molar-refractivity contribution is 5.91. The van der Waals surface area contributed by atoms with Gasteiger partial charge in [-0.1, -0.05) is 32.9 Å². The quantitative estimate of drug-likeness (QED) is 0.634. The van der Waals surface area contributed by atoms with Crippen LogP contribution in [0, 0.1) is 40.4 Å². The number of aliphatic hydroxyl groups excluding tert-OH is 2. The van der Waals surface area contributed by atoms with Crippen LogP contribution in [0.1, 0.15) is 78.6 Å². The predicted molar refractivity (Wildman–Crippen MR) is 116 cm³/mol. The molecule has 0 saturated heterocycles. The van der Waals surface area contributed by atoms with Crippen LogP contribution < -0.4 is 0 Å². The summed E-state index contributed by atoms with van der Waals surface area (Å²) in [5.74, 6) is 3.37. The fourth-order valence-electron chi connectivity index (χ4n) is 8.28. The van der Waals surface area contributed by atoms with Crippen LogP contribution in [-0.4, -0.2) is 28.7 Å². The number of carbonyl (C=O) groups excluding carboxylic acids is 1. The van der Waals surface area contributed by atoms with Crippen molar-refractivity contribution in [3.8, 4) is 0 Å². The van der Waals surface area contributed by atoms with Crippen LogP contribution in [0.15, 0.2) is 23.8 Å². The third-order valence-corrected chi connectivity index (χ3v) is 10.00. The molecule has 4 aliphatic rings. The standard InChI is InChI=1S/C26H40O3/c1-16(15-27)13-24(29)17(2)21-7-8-22-20-6-5-18-14-19(28)9-11-25(18,3)23(20)10-12-26(21,22)4/h14,17,20-24,27,29H,1,5-13,15H2,2-4H3/t17-,20-,21+,22-,23-,24?,25-,26+/m0/s1. The number of ketones is 1. The number of hydrogen-bond donors (Lipinski definition) is 2. The molecule has 0 bridgehead atoms. The minimum absolute atomic E-state index is 0.0327. The van der Waals surface area contributed by atoms with Gasteiger partial charge in [0.25, 0.3) is 0 Å². The molecule has 0 aliphatic heterocycles. The fourth-order valence-corrected chi connectivity index (χ4v) is 8.28. The van der Waals surface area contributed by atoms with Gasteiger partial charge in [-0.25, -0.2) is 0 Å². The zero-order valence-electron chi connectivity index (χ0n) is 18.6. The van der Waals surface area contributed by atoms with E-state index < -0.39 is 6.10 Å². The van der Waals surface area contributed by atoms with Crippen molar-refractivity contribution >= 4 is 5.78 Å².